The van der Waals surface area contributed by atoms with Crippen molar-refractivity contribution in [2.45, 2.75) is 95.3 Å². The molecule has 2 nitrogen and oxygen atoms in total. The smallest absolute Gasteiger partial charge is 0.185 e. The molecular weight excluding hydrogens is 422 g/mol. The average molecular weight is 466 g/mol. The number of nitrogen functional groups attached to an aromatic ring is 1. The van der Waals surface area contributed by atoms with Gasteiger partial charge in [0, 0.05) is 16.1 Å². The Bertz CT molecular complexity index is 812. The number of para-hydroxylation sites is 1. The number of unbranched alkanes of at least 4 members (excludes halogenated alkanes) is 12. The van der Waals surface area contributed by atoms with E-state index >= 15 is 0 Å². The molecular formula is C30H43NOS. The zero-order chi connectivity index (χ0) is 23.6. The monoisotopic (exact) mass is 465 g/mol. The van der Waals surface area contributed by atoms with Gasteiger partial charge in [0.1, 0.15) is 0 Å². The molecule has 3 heteroatoms. The Morgan fingerprint density at radius 3 is 1.88 bits per heavy atom. The summed E-state index contributed by atoms with van der Waals surface area (Å²) in [6, 6.07) is 15.5. The van der Waals surface area contributed by atoms with Gasteiger partial charge >= 0.3 is 0 Å². The van der Waals surface area contributed by atoms with E-state index in [2.05, 4.69) is 19.1 Å². The van der Waals surface area contributed by atoms with Crippen molar-refractivity contribution in [2.75, 3.05) is 11.5 Å². The van der Waals surface area contributed by atoms with E-state index in [9.17, 15) is 4.79 Å². The highest BCUT2D eigenvalue weighted by Crippen LogP contribution is 2.21. The maximum Gasteiger partial charge on any atom is 0.185 e. The van der Waals surface area contributed by atoms with Crippen LogP contribution in [-0.2, 0) is 0 Å². The molecule has 0 amide bonds. The van der Waals surface area contributed by atoms with Crippen molar-refractivity contribution in [2.24, 2.45) is 0 Å². The average Bonchev–Trinajstić information content (AvgIpc) is 2.84. The number of allylic oxidation sites excluding steroid dienone is 1. The van der Waals surface area contributed by atoms with E-state index in [4.69, 9.17) is 5.73 Å². The van der Waals surface area contributed by atoms with Crippen LogP contribution in [-0.4, -0.2) is 11.5 Å². The van der Waals surface area contributed by atoms with Gasteiger partial charge in [-0.05, 0) is 60.2 Å². The summed E-state index contributed by atoms with van der Waals surface area (Å²) in [5.74, 6) is 1.16. The largest absolute Gasteiger partial charge is 0.398 e. The van der Waals surface area contributed by atoms with E-state index in [1.54, 1.807) is 12.2 Å². The molecule has 0 fully saturated rings. The maximum atomic E-state index is 12.4. The minimum atomic E-state index is 0.00583. The van der Waals surface area contributed by atoms with Gasteiger partial charge in [0.2, 0.25) is 0 Å². The SMILES string of the molecule is CCCCCCCCCCCCCCCSc1ccc(C(=O)C=Cc2ccccc2N)cc1. The van der Waals surface area contributed by atoms with Crippen LogP contribution in [0.1, 0.15) is 106 Å². The summed E-state index contributed by atoms with van der Waals surface area (Å²) in [4.78, 5) is 13.6. The lowest BCUT2D eigenvalue weighted by Crippen LogP contribution is -1.94. The number of benzene rings is 2. The second-order valence-electron chi connectivity index (χ2n) is 8.94. The van der Waals surface area contributed by atoms with Gasteiger partial charge in [-0.25, -0.2) is 0 Å². The van der Waals surface area contributed by atoms with Crippen LogP contribution in [0.15, 0.2) is 59.5 Å². The van der Waals surface area contributed by atoms with Gasteiger partial charge in [0.15, 0.2) is 5.78 Å². The van der Waals surface area contributed by atoms with Crippen LogP contribution >= 0.6 is 11.8 Å². The minimum absolute atomic E-state index is 0.00583. The third-order valence-electron chi connectivity index (χ3n) is 6.07. The van der Waals surface area contributed by atoms with Gasteiger partial charge in [-0.3, -0.25) is 4.79 Å². The summed E-state index contributed by atoms with van der Waals surface area (Å²) in [5.41, 5.74) is 8.19. The van der Waals surface area contributed by atoms with Crippen molar-refractivity contribution < 1.29 is 4.79 Å². The first kappa shape index (κ1) is 27.2. The molecule has 2 rings (SSSR count). The van der Waals surface area contributed by atoms with Crippen LogP contribution in [0.5, 0.6) is 0 Å². The number of carbonyl (C=O) groups is 1. The number of carbonyl (C=O) groups excluding carboxylic acids is 1. The van der Waals surface area contributed by atoms with Crippen LogP contribution in [0, 0.1) is 0 Å². The highest BCUT2D eigenvalue weighted by Gasteiger charge is 2.03. The Labute approximate surface area is 206 Å². The Morgan fingerprint density at radius 2 is 1.30 bits per heavy atom. The molecule has 0 aliphatic carbocycles. The first-order valence-corrected chi connectivity index (χ1v) is 14.0. The van der Waals surface area contributed by atoms with E-state index < -0.39 is 0 Å². The Kier molecular flexibility index (Phi) is 14.4. The topological polar surface area (TPSA) is 43.1 Å². The number of nitrogens with two attached hydrogens (primary N) is 1. The van der Waals surface area contributed by atoms with Crippen molar-refractivity contribution in [1.29, 1.82) is 0 Å². The van der Waals surface area contributed by atoms with Crippen molar-refractivity contribution in [3.8, 4) is 0 Å². The molecule has 0 aliphatic rings. The molecule has 0 aliphatic heterocycles. The molecule has 33 heavy (non-hydrogen) atoms. The van der Waals surface area contributed by atoms with Crippen LogP contribution in [0.25, 0.3) is 6.08 Å². The molecule has 2 N–H and O–H groups in total. The van der Waals surface area contributed by atoms with Crippen molar-refractivity contribution in [1.82, 2.24) is 0 Å². The highest BCUT2D eigenvalue weighted by atomic mass is 32.2. The van der Waals surface area contributed by atoms with Gasteiger partial charge in [0.05, 0.1) is 0 Å². The van der Waals surface area contributed by atoms with Crippen LogP contribution < -0.4 is 5.73 Å². The molecule has 2 aromatic rings. The normalized spacial score (nSPS) is 11.3. The van der Waals surface area contributed by atoms with E-state index in [1.165, 1.54) is 88.4 Å². The van der Waals surface area contributed by atoms with E-state index in [-0.39, 0.29) is 5.78 Å². The summed E-state index contributed by atoms with van der Waals surface area (Å²) in [6.45, 7) is 2.28. The Hall–Kier alpha value is -2.00. The highest BCUT2D eigenvalue weighted by molar-refractivity contribution is 7.99. The molecule has 2 aromatic carbocycles. The fourth-order valence-electron chi connectivity index (χ4n) is 3.95. The molecule has 0 unspecified atom stereocenters. The summed E-state index contributed by atoms with van der Waals surface area (Å²) in [6.07, 6.45) is 21.5. The molecule has 0 heterocycles. The van der Waals surface area contributed by atoms with E-state index in [0.29, 0.717) is 11.3 Å². The number of rotatable bonds is 18. The second kappa shape index (κ2) is 17.5. The molecule has 0 saturated carbocycles. The van der Waals surface area contributed by atoms with Crippen LogP contribution in [0.2, 0.25) is 0 Å². The third-order valence-corrected chi connectivity index (χ3v) is 7.16. The van der Waals surface area contributed by atoms with Crippen molar-refractivity contribution >= 4 is 29.3 Å². The summed E-state index contributed by atoms with van der Waals surface area (Å²) in [7, 11) is 0. The fraction of sp³-hybridized carbons (Fsp3) is 0.500. The van der Waals surface area contributed by atoms with Crippen molar-refractivity contribution in [3.05, 3.63) is 65.7 Å². The first-order valence-electron chi connectivity index (χ1n) is 13.0. The van der Waals surface area contributed by atoms with Gasteiger partial charge < -0.3 is 5.73 Å². The first-order chi connectivity index (χ1) is 16.2. The van der Waals surface area contributed by atoms with Crippen LogP contribution in [0.3, 0.4) is 0 Å². The standard InChI is InChI=1S/C30H43NOS/c1-2-3-4-5-6-7-8-9-10-11-12-13-16-25-33-28-22-19-27(20-23-28)30(32)24-21-26-17-14-15-18-29(26)31/h14-15,17-24H,2-13,16,25,31H2,1H3. The zero-order valence-corrected chi connectivity index (χ0v) is 21.4. The molecule has 0 atom stereocenters. The third kappa shape index (κ3) is 12.1. The predicted octanol–water partition coefficient (Wildman–Crippen LogP) is 9.35. The Morgan fingerprint density at radius 1 is 0.758 bits per heavy atom. The quantitative estimate of drug-likeness (QED) is 0.0784. The second-order valence-corrected chi connectivity index (χ2v) is 10.1. The summed E-state index contributed by atoms with van der Waals surface area (Å²) < 4.78 is 0. The lowest BCUT2D eigenvalue weighted by molar-refractivity contribution is 0.104. The van der Waals surface area contributed by atoms with Crippen molar-refractivity contribution in [3.63, 3.8) is 0 Å². The maximum absolute atomic E-state index is 12.4. The predicted molar refractivity (Wildman–Crippen MR) is 147 cm³/mol. The fourth-order valence-corrected chi connectivity index (χ4v) is 4.86. The van der Waals surface area contributed by atoms with Gasteiger partial charge in [-0.1, -0.05) is 102 Å². The summed E-state index contributed by atoms with van der Waals surface area (Å²) in [5, 5.41) is 0. The Balaban J connectivity index is 1.51. The number of thioether (sulfide) groups is 1. The minimum Gasteiger partial charge on any atom is -0.398 e. The van der Waals surface area contributed by atoms with Gasteiger partial charge in [-0.2, -0.15) is 0 Å². The molecule has 0 bridgehead atoms. The lowest BCUT2D eigenvalue weighted by atomic mass is 10.1. The summed E-state index contributed by atoms with van der Waals surface area (Å²) >= 11 is 1.89. The molecule has 0 saturated heterocycles. The molecule has 0 radical (unpaired) electrons. The number of anilines is 1. The molecule has 180 valence electrons. The lowest BCUT2D eigenvalue weighted by Gasteiger charge is -2.04. The zero-order valence-electron chi connectivity index (χ0n) is 20.6. The van der Waals surface area contributed by atoms with Crippen LogP contribution in [0.4, 0.5) is 5.69 Å². The molecule has 0 aromatic heterocycles. The number of ketones is 1. The van der Waals surface area contributed by atoms with Gasteiger partial charge in [-0.15, -0.1) is 11.8 Å². The number of hydrogen-bond donors (Lipinski definition) is 1. The number of hydrogen-bond acceptors (Lipinski definition) is 3. The van der Waals surface area contributed by atoms with Gasteiger partial charge in [0.25, 0.3) is 0 Å². The van der Waals surface area contributed by atoms with E-state index in [0.717, 1.165) is 11.3 Å². The molecule has 0 spiro atoms. The van der Waals surface area contributed by atoms with E-state index in [1.807, 2.05) is 48.2 Å².